The van der Waals surface area contributed by atoms with Crippen LogP contribution in [0.15, 0.2) is 120 Å². The Morgan fingerprint density at radius 2 is 1.18 bits per heavy atom. The average molecular weight is 989 g/mol. The standard InChI is InChI=1S/C35H28NO.C23H30.Ir/c1-21-20-36-30(18-22(21)19-35(2,3)4)28-14-9-15-29-33-31(37-34(28)29)17-16-27-25-12-6-5-10-23(25)24-11-7-8-13-26(24)32(27)33;1-17-8-10-18(11-9-17)19-12-13-20(15-22(2,3)4)21(14-19)16-23(5,6)7;/h5-13,15-18,20H,19H2,1-4H3;8-10,13-14H,15-16H2,1-7H3;/q-1;-2;+3/i1D3,19D2;1D3,15D2,16D2;. The molecule has 9 aromatic rings. The van der Waals surface area contributed by atoms with Gasteiger partial charge >= 0.3 is 20.1 Å². The second-order valence-electron chi connectivity index (χ2n) is 18.6. The van der Waals surface area contributed by atoms with Crippen molar-refractivity contribution in [1.29, 1.82) is 0 Å². The van der Waals surface area contributed by atoms with Gasteiger partial charge in [-0.2, -0.15) is 42.5 Å². The summed E-state index contributed by atoms with van der Waals surface area (Å²) < 4.78 is 106. The largest absolute Gasteiger partial charge is 3.00 e. The number of hydrogen-bond acceptors (Lipinski definition) is 2. The molecule has 0 atom stereocenters. The summed E-state index contributed by atoms with van der Waals surface area (Å²) in [5, 5.41) is 8.79. The summed E-state index contributed by atoms with van der Waals surface area (Å²) in [6, 6.07) is 43.3. The van der Waals surface area contributed by atoms with E-state index in [0.717, 1.165) is 32.5 Å². The topological polar surface area (TPSA) is 26.0 Å². The van der Waals surface area contributed by atoms with Crippen molar-refractivity contribution < 1.29 is 41.0 Å². The molecule has 2 heterocycles. The number of aryl methyl sites for hydroxylation is 2. The number of pyridine rings is 1. The molecule has 0 bridgehead atoms. The molecule has 0 saturated carbocycles. The van der Waals surface area contributed by atoms with Crippen LogP contribution in [0.2, 0.25) is 0 Å². The first-order valence-electron chi connectivity index (χ1n) is 26.4. The molecule has 0 N–H and O–H groups in total. The monoisotopic (exact) mass is 989 g/mol. The molecule has 310 valence electrons. The molecule has 0 unspecified atom stereocenters. The van der Waals surface area contributed by atoms with Crippen LogP contribution in [0.25, 0.3) is 76.6 Å². The smallest absolute Gasteiger partial charge is 0.501 e. The van der Waals surface area contributed by atoms with E-state index in [4.69, 9.17) is 20.9 Å². The van der Waals surface area contributed by atoms with Crippen LogP contribution in [0.4, 0.5) is 0 Å². The van der Waals surface area contributed by atoms with Crippen molar-refractivity contribution in [3.63, 3.8) is 0 Å². The Labute approximate surface area is 394 Å². The van der Waals surface area contributed by atoms with Crippen LogP contribution in [0.1, 0.15) is 107 Å². The normalized spacial score (nSPS) is 16.3. The molecule has 61 heavy (non-hydrogen) atoms. The molecular formula is C58H58IrNO. The Balaban J connectivity index is 0.000000224. The minimum atomic E-state index is -2.52. The van der Waals surface area contributed by atoms with Gasteiger partial charge in [-0.15, -0.1) is 34.9 Å². The van der Waals surface area contributed by atoms with Gasteiger partial charge in [0, 0.05) is 33.4 Å². The van der Waals surface area contributed by atoms with Crippen molar-refractivity contribution in [2.75, 3.05) is 0 Å². The summed E-state index contributed by atoms with van der Waals surface area (Å²) in [5.41, 5.74) is 1.76. The van der Waals surface area contributed by atoms with E-state index >= 15 is 0 Å². The van der Waals surface area contributed by atoms with Gasteiger partial charge in [0.05, 0.1) is 5.58 Å². The summed E-state index contributed by atoms with van der Waals surface area (Å²) in [6.45, 7) is 11.3. The molecule has 0 spiro atoms. The molecule has 3 heteroatoms. The maximum Gasteiger partial charge on any atom is 3.00 e. The fourth-order valence-electron chi connectivity index (χ4n) is 7.77. The quantitative estimate of drug-likeness (QED) is 0.127. The number of aromatic nitrogens is 1. The van der Waals surface area contributed by atoms with Gasteiger partial charge in [-0.3, -0.25) is 0 Å². The van der Waals surface area contributed by atoms with E-state index in [9.17, 15) is 0 Å². The van der Waals surface area contributed by atoms with E-state index in [1.54, 1.807) is 80.5 Å². The van der Waals surface area contributed by atoms with Gasteiger partial charge in [-0.25, -0.2) is 11.1 Å². The number of furan rings is 1. The molecule has 9 rings (SSSR count). The van der Waals surface area contributed by atoms with Crippen molar-refractivity contribution in [2.24, 2.45) is 16.2 Å². The Morgan fingerprint density at radius 3 is 1.80 bits per heavy atom. The third-order valence-electron chi connectivity index (χ3n) is 10.0. The second kappa shape index (κ2) is 17.0. The van der Waals surface area contributed by atoms with Crippen LogP contribution in [-0.4, -0.2) is 4.98 Å². The Bertz CT molecular complexity index is 3500. The van der Waals surface area contributed by atoms with Crippen LogP contribution in [0.5, 0.6) is 0 Å². The van der Waals surface area contributed by atoms with Crippen molar-refractivity contribution in [2.45, 2.75) is 95.1 Å². The molecular weight excluding hydrogens is 919 g/mol. The zero-order chi connectivity index (χ0) is 52.9. The third kappa shape index (κ3) is 9.55. The summed E-state index contributed by atoms with van der Waals surface area (Å²) >= 11 is 0. The minimum absolute atomic E-state index is 0. The van der Waals surface area contributed by atoms with Crippen molar-refractivity contribution in [1.82, 2.24) is 4.98 Å². The van der Waals surface area contributed by atoms with Crippen molar-refractivity contribution >= 4 is 54.3 Å². The van der Waals surface area contributed by atoms with Crippen molar-refractivity contribution in [3.05, 3.63) is 161 Å². The molecule has 0 aliphatic rings. The summed E-state index contributed by atoms with van der Waals surface area (Å²) in [6.07, 6.45) is -4.26. The first-order chi connectivity index (χ1) is 33.2. The van der Waals surface area contributed by atoms with Gasteiger partial charge in [0.2, 0.25) is 0 Å². The SMILES string of the molecule is [2H]C([2H])([2H])c1c[c-]c(-c2[c-]cc(C([2H])([2H])C(C)(C)C)c(C([2H])([2H])C(C)(C)C)c2)cc1.[2H]C([2H])([2H])c1cnc(-c2[c-]ccc3c2oc2ccc4c5ccccc5c5ccccc5c4c23)cc1C([2H])([2H])C(C)(C)C.[Ir+3]. The minimum Gasteiger partial charge on any atom is -0.501 e. The van der Waals surface area contributed by atoms with Crippen LogP contribution >= 0.6 is 0 Å². The van der Waals surface area contributed by atoms with Crippen LogP contribution in [0.3, 0.4) is 0 Å². The molecule has 0 amide bonds. The van der Waals surface area contributed by atoms with Crippen LogP contribution < -0.4 is 0 Å². The fraction of sp³-hybridized carbons (Fsp3) is 0.293. The fourth-order valence-corrected chi connectivity index (χ4v) is 7.77. The van der Waals surface area contributed by atoms with Gasteiger partial charge in [0.1, 0.15) is 5.58 Å². The molecule has 0 aliphatic carbocycles. The molecule has 2 nitrogen and oxygen atoms in total. The number of rotatable bonds is 5. The molecule has 0 radical (unpaired) electrons. The molecule has 0 aliphatic heterocycles. The Morgan fingerprint density at radius 1 is 0.574 bits per heavy atom. The van der Waals surface area contributed by atoms with Gasteiger partial charge in [0.15, 0.2) is 0 Å². The molecule has 0 saturated heterocycles. The zero-order valence-electron chi connectivity index (χ0n) is 48.2. The van der Waals surface area contributed by atoms with Crippen molar-refractivity contribution in [3.8, 4) is 22.4 Å². The summed E-state index contributed by atoms with van der Waals surface area (Å²) in [7, 11) is 0. The van der Waals surface area contributed by atoms with Gasteiger partial charge in [-0.05, 0) is 80.1 Å². The number of benzene rings is 7. The number of nitrogens with zero attached hydrogens (tertiary/aromatic N) is 1. The molecule has 0 fully saturated rings. The van der Waals surface area contributed by atoms with E-state index in [-0.39, 0.29) is 47.9 Å². The maximum absolute atomic E-state index is 8.94. The maximum atomic E-state index is 8.94. The third-order valence-corrected chi connectivity index (χ3v) is 10.0. The van der Waals surface area contributed by atoms with Crippen LogP contribution in [-0.2, 0) is 39.2 Å². The first-order valence-corrected chi connectivity index (χ1v) is 20.4. The predicted molar refractivity (Wildman–Crippen MR) is 257 cm³/mol. The molecule has 2 aromatic heterocycles. The van der Waals surface area contributed by atoms with E-state index in [2.05, 4.69) is 77.8 Å². The van der Waals surface area contributed by atoms with Gasteiger partial charge < -0.3 is 9.40 Å². The average Bonchev–Trinajstić information content (AvgIpc) is 3.69. The summed E-state index contributed by atoms with van der Waals surface area (Å²) in [4.78, 5) is 4.53. The van der Waals surface area contributed by atoms with E-state index in [1.807, 2.05) is 18.2 Å². The number of fused-ring (bicyclic) bond motifs is 10. The van der Waals surface area contributed by atoms with E-state index in [1.165, 1.54) is 40.6 Å². The number of hydrogen-bond donors (Lipinski definition) is 0. The Hall–Kier alpha value is -5.08. The Kier molecular flexibility index (Phi) is 8.60. The van der Waals surface area contributed by atoms with Gasteiger partial charge in [-0.1, -0.05) is 153 Å². The zero-order valence-corrected chi connectivity index (χ0v) is 38.6. The second-order valence-corrected chi connectivity index (χ2v) is 18.6. The van der Waals surface area contributed by atoms with E-state index < -0.39 is 49.1 Å². The van der Waals surface area contributed by atoms with Gasteiger partial charge in [0.25, 0.3) is 0 Å². The molecule has 7 aromatic carbocycles. The van der Waals surface area contributed by atoms with Crippen LogP contribution in [0, 0.1) is 48.1 Å². The summed E-state index contributed by atoms with van der Waals surface area (Å²) in [5.74, 6) is 0. The van der Waals surface area contributed by atoms with E-state index in [0.29, 0.717) is 28.0 Å². The first kappa shape index (κ1) is 30.9. The predicted octanol–water partition coefficient (Wildman–Crippen LogP) is 16.2.